The number of amides is 3. The van der Waals surface area contributed by atoms with E-state index in [-0.39, 0.29) is 36.0 Å². The smallest absolute Gasteiger partial charge is 0.253 e. The number of nitrogens with zero attached hydrogens (tertiary/aromatic N) is 1. The van der Waals surface area contributed by atoms with E-state index in [1.54, 1.807) is 0 Å². The zero-order valence-corrected chi connectivity index (χ0v) is 16.7. The molecule has 7 rings (SSSR count). The van der Waals surface area contributed by atoms with E-state index >= 15 is 0 Å². The fraction of sp³-hybridized carbons (Fsp3) is 0.192. The van der Waals surface area contributed by atoms with Crippen molar-refractivity contribution in [2.24, 2.45) is 11.8 Å². The summed E-state index contributed by atoms with van der Waals surface area (Å²) in [4.78, 5) is 39.5. The highest BCUT2D eigenvalue weighted by molar-refractivity contribution is 6.08. The Kier molecular flexibility index (Phi) is 3.87. The summed E-state index contributed by atoms with van der Waals surface area (Å²) in [6.45, 7) is 0. The van der Waals surface area contributed by atoms with Gasteiger partial charge in [-0.05, 0) is 27.8 Å². The maximum atomic E-state index is 13.4. The second-order valence-corrected chi connectivity index (χ2v) is 8.47. The molecule has 1 fully saturated rings. The van der Waals surface area contributed by atoms with Crippen LogP contribution >= 0.6 is 0 Å². The van der Waals surface area contributed by atoms with Crippen LogP contribution in [-0.4, -0.2) is 22.7 Å². The minimum atomic E-state index is -0.487. The fourth-order valence-corrected chi connectivity index (χ4v) is 5.73. The van der Waals surface area contributed by atoms with Gasteiger partial charge in [0.1, 0.15) is 0 Å². The molecule has 1 heterocycles. The maximum Gasteiger partial charge on any atom is 0.253 e. The Balaban J connectivity index is 1.37. The van der Waals surface area contributed by atoms with Crippen molar-refractivity contribution in [3.05, 3.63) is 107 Å². The van der Waals surface area contributed by atoms with Crippen LogP contribution in [0.4, 0.5) is 0 Å². The summed E-state index contributed by atoms with van der Waals surface area (Å²) >= 11 is 0. The molecule has 0 spiro atoms. The molecule has 3 aliphatic carbocycles. The van der Waals surface area contributed by atoms with Crippen molar-refractivity contribution in [1.82, 2.24) is 10.4 Å². The van der Waals surface area contributed by atoms with Gasteiger partial charge in [0.25, 0.3) is 11.8 Å². The topological polar surface area (TPSA) is 66.5 Å². The molecule has 2 bridgehead atoms. The summed E-state index contributed by atoms with van der Waals surface area (Å²) in [7, 11) is 0. The molecule has 3 amide bonds. The second-order valence-electron chi connectivity index (χ2n) is 8.47. The summed E-state index contributed by atoms with van der Waals surface area (Å²) in [5.41, 5.74) is 7.90. The normalized spacial score (nSPS) is 25.1. The number of imide groups is 1. The number of nitrogens with one attached hydrogen (secondary N) is 1. The molecule has 3 aromatic rings. The molecule has 1 N–H and O–H groups in total. The molecular weight excluding hydrogens is 388 g/mol. The van der Waals surface area contributed by atoms with Crippen LogP contribution < -0.4 is 5.43 Å². The number of rotatable bonds is 3. The molecule has 0 aromatic heterocycles. The van der Waals surface area contributed by atoms with E-state index in [0.717, 1.165) is 32.8 Å². The summed E-state index contributed by atoms with van der Waals surface area (Å²) < 4.78 is 0. The van der Waals surface area contributed by atoms with E-state index in [1.165, 1.54) is 0 Å². The average molecular weight is 408 g/mol. The maximum absolute atomic E-state index is 13.4. The molecule has 31 heavy (non-hydrogen) atoms. The van der Waals surface area contributed by atoms with Crippen molar-refractivity contribution >= 4 is 17.7 Å². The van der Waals surface area contributed by atoms with Gasteiger partial charge < -0.3 is 0 Å². The Bertz CT molecular complexity index is 1120. The van der Waals surface area contributed by atoms with Gasteiger partial charge in [-0.25, -0.2) is 0 Å². The molecule has 3 aromatic carbocycles. The van der Waals surface area contributed by atoms with Crippen LogP contribution in [0.15, 0.2) is 78.9 Å². The SMILES string of the molecule is O=C(Cc1ccccc1)NN1C(=O)[C@@H]2C3c4ccccc4C(c4ccccc43)[C@@H]2C1=O. The van der Waals surface area contributed by atoms with Crippen molar-refractivity contribution in [3.8, 4) is 0 Å². The van der Waals surface area contributed by atoms with Crippen LogP contribution in [0, 0.1) is 11.8 Å². The van der Waals surface area contributed by atoms with Gasteiger partial charge >= 0.3 is 0 Å². The summed E-state index contributed by atoms with van der Waals surface area (Å²) in [6.07, 6.45) is 0.112. The lowest BCUT2D eigenvalue weighted by atomic mass is 9.55. The van der Waals surface area contributed by atoms with E-state index in [1.807, 2.05) is 54.6 Å². The lowest BCUT2D eigenvalue weighted by Crippen LogP contribution is -2.47. The van der Waals surface area contributed by atoms with Crippen LogP contribution in [0.2, 0.25) is 0 Å². The Hall–Kier alpha value is -3.73. The predicted molar refractivity (Wildman–Crippen MR) is 114 cm³/mol. The summed E-state index contributed by atoms with van der Waals surface area (Å²) in [6, 6.07) is 25.5. The van der Waals surface area contributed by atoms with Gasteiger partial charge in [0.05, 0.1) is 18.3 Å². The number of hydrazine groups is 1. The van der Waals surface area contributed by atoms with Crippen molar-refractivity contribution in [2.75, 3.05) is 0 Å². The third kappa shape index (κ3) is 2.53. The van der Waals surface area contributed by atoms with Crippen LogP contribution in [0.1, 0.15) is 39.7 Å². The molecule has 4 aliphatic rings. The minimum Gasteiger partial charge on any atom is -0.273 e. The monoisotopic (exact) mass is 408 g/mol. The van der Waals surface area contributed by atoms with Gasteiger partial charge in [-0.3, -0.25) is 19.8 Å². The largest absolute Gasteiger partial charge is 0.273 e. The van der Waals surface area contributed by atoms with Gasteiger partial charge in [-0.2, -0.15) is 5.01 Å². The third-order valence-electron chi connectivity index (χ3n) is 6.89. The highest BCUT2D eigenvalue weighted by atomic mass is 16.2. The molecule has 5 nitrogen and oxygen atoms in total. The molecule has 1 saturated heterocycles. The van der Waals surface area contributed by atoms with Crippen LogP contribution in [0.25, 0.3) is 0 Å². The molecule has 1 aliphatic heterocycles. The summed E-state index contributed by atoms with van der Waals surface area (Å²) in [5, 5.41) is 0.984. The first-order valence-corrected chi connectivity index (χ1v) is 10.5. The van der Waals surface area contributed by atoms with E-state index < -0.39 is 11.8 Å². The third-order valence-corrected chi connectivity index (χ3v) is 6.89. The van der Waals surface area contributed by atoms with E-state index in [0.29, 0.717) is 0 Å². The molecule has 0 unspecified atom stereocenters. The van der Waals surface area contributed by atoms with Gasteiger partial charge in [-0.15, -0.1) is 0 Å². The van der Waals surface area contributed by atoms with Crippen LogP contribution in [-0.2, 0) is 20.8 Å². The fourth-order valence-electron chi connectivity index (χ4n) is 5.73. The van der Waals surface area contributed by atoms with Gasteiger partial charge in [0.2, 0.25) is 5.91 Å². The summed E-state index contributed by atoms with van der Waals surface area (Å²) in [5.74, 6) is -2.30. The Morgan fingerprint density at radius 2 is 1.10 bits per heavy atom. The first kappa shape index (κ1) is 18.1. The molecule has 0 radical (unpaired) electrons. The zero-order chi connectivity index (χ0) is 21.1. The van der Waals surface area contributed by atoms with Gasteiger partial charge in [-0.1, -0.05) is 78.9 Å². The molecule has 2 atom stereocenters. The Labute approximate surface area is 179 Å². The number of carbonyl (C=O) groups is 3. The lowest BCUT2D eigenvalue weighted by Gasteiger charge is -2.45. The van der Waals surface area contributed by atoms with Gasteiger partial charge in [0, 0.05) is 11.8 Å². The second kappa shape index (κ2) is 6.64. The van der Waals surface area contributed by atoms with Crippen molar-refractivity contribution in [1.29, 1.82) is 0 Å². The van der Waals surface area contributed by atoms with Crippen LogP contribution in [0.5, 0.6) is 0 Å². The average Bonchev–Trinajstić information content (AvgIpc) is 3.05. The predicted octanol–water partition coefficient (Wildman–Crippen LogP) is 3.15. The molecule has 152 valence electrons. The number of hydrogen-bond acceptors (Lipinski definition) is 3. The molecular formula is C26H20N2O3. The number of benzene rings is 3. The van der Waals surface area contributed by atoms with Crippen molar-refractivity contribution in [3.63, 3.8) is 0 Å². The standard InChI is InChI=1S/C26H20N2O3/c29-20(14-15-8-2-1-3-9-15)27-28-25(30)23-21-16-10-4-5-11-17(16)22(24(23)26(28)31)19-13-7-6-12-18(19)21/h1-13,21-24H,14H2,(H,27,29)/t21?,22?,23-,24+. The van der Waals surface area contributed by atoms with E-state index in [2.05, 4.69) is 29.7 Å². The Morgan fingerprint density at radius 1 is 0.677 bits per heavy atom. The van der Waals surface area contributed by atoms with Crippen molar-refractivity contribution < 1.29 is 14.4 Å². The van der Waals surface area contributed by atoms with E-state index in [9.17, 15) is 14.4 Å². The lowest BCUT2D eigenvalue weighted by molar-refractivity contribution is -0.149. The molecule has 5 heteroatoms. The van der Waals surface area contributed by atoms with Crippen molar-refractivity contribution in [2.45, 2.75) is 18.3 Å². The minimum absolute atomic E-state index is 0.112. The Morgan fingerprint density at radius 3 is 1.55 bits per heavy atom. The van der Waals surface area contributed by atoms with E-state index in [4.69, 9.17) is 0 Å². The van der Waals surface area contributed by atoms with Gasteiger partial charge in [0.15, 0.2) is 0 Å². The molecule has 0 saturated carbocycles. The first-order valence-electron chi connectivity index (χ1n) is 10.5. The first-order chi connectivity index (χ1) is 15.1. The highest BCUT2D eigenvalue weighted by Crippen LogP contribution is 2.60. The zero-order valence-electron chi connectivity index (χ0n) is 16.7. The number of hydrogen-bond donors (Lipinski definition) is 1. The highest BCUT2D eigenvalue weighted by Gasteiger charge is 2.61. The quantitative estimate of drug-likeness (QED) is 0.677. The van der Waals surface area contributed by atoms with Crippen LogP contribution in [0.3, 0.4) is 0 Å². The number of carbonyl (C=O) groups excluding carboxylic acids is 3.